The largest absolute Gasteiger partial charge is 0.394 e. The van der Waals surface area contributed by atoms with Crippen LogP contribution in [0.1, 0.15) is 226 Å². The number of unbranched alkanes of at least 4 members (excludes halogenated alkanes) is 13. The maximum absolute atomic E-state index is 13.9. The van der Waals surface area contributed by atoms with E-state index in [-0.39, 0.29) is 113 Å². The SMILES string of the molecule is CCCCNC(=O)CCCC(=O)NC(CCC(=O)CCCCCCCOC1OC(CO)C(O)C(O)C1C)(CCC(=O)CCCCCCCOC1OC(CO)C(O)C(O)C1NC(C)=O)CCC(=O)CCCCCCCOC1OC(CO)C(O)C(O)C1NC(C)=O.[3H]C.[3H][3H]. The summed E-state index contributed by atoms with van der Waals surface area (Å²) >= 11 is 0. The first-order valence-electron chi connectivity index (χ1n) is 35.0. The van der Waals surface area contributed by atoms with Crippen LogP contribution >= 0.6 is 0 Å². The fraction of sp³-hybridized carbons (Fsp3) is 0.891. The third-order valence-electron chi connectivity index (χ3n) is 17.0. The topological polar surface area (TPSA) is 405 Å². The smallest absolute Gasteiger partial charge is 0.220 e. The van der Waals surface area contributed by atoms with Gasteiger partial charge >= 0.3 is 0 Å². The second-order valence-corrected chi connectivity index (χ2v) is 24.6. The Morgan fingerprint density at radius 2 is 0.811 bits per heavy atom. The number of aliphatic hydroxyl groups is 9. The van der Waals surface area contributed by atoms with E-state index in [0.29, 0.717) is 58.1 Å². The van der Waals surface area contributed by atoms with Gasteiger partial charge in [0.1, 0.15) is 78.3 Å². The van der Waals surface area contributed by atoms with Crippen LogP contribution in [0.2, 0.25) is 0 Å². The summed E-state index contributed by atoms with van der Waals surface area (Å²) in [5, 5.41) is 102. The van der Waals surface area contributed by atoms with Gasteiger partial charge in [0, 0.05) is 107 Å². The summed E-state index contributed by atoms with van der Waals surface area (Å²) in [5.74, 6) is -1.97. The number of ketones is 3. The number of Topliss-reactive ketones (excluding diaryl/α,β-unsaturated/α-hetero) is 3. The molecule has 3 saturated heterocycles. The van der Waals surface area contributed by atoms with Gasteiger partial charge in [0.2, 0.25) is 23.6 Å². The molecule has 3 aliphatic heterocycles. The van der Waals surface area contributed by atoms with E-state index in [4.69, 9.17) is 32.8 Å². The van der Waals surface area contributed by atoms with Gasteiger partial charge in [-0.15, -0.1) is 0 Å². The van der Waals surface area contributed by atoms with Crippen molar-refractivity contribution in [2.45, 2.75) is 313 Å². The van der Waals surface area contributed by atoms with Gasteiger partial charge in [-0.1, -0.05) is 85.5 Å². The molecule has 526 valence electrons. The summed E-state index contributed by atoms with van der Waals surface area (Å²) in [6.07, 6.45) is 0.429. The normalized spacial score (nSPS) is 27.6. The van der Waals surface area contributed by atoms with E-state index in [2.05, 4.69) is 21.3 Å². The minimum atomic E-state index is -1.42. The Kier molecular flexibility index (Phi) is 40.6. The van der Waals surface area contributed by atoms with Gasteiger partial charge in [-0.05, 0) is 70.6 Å². The zero-order valence-electron chi connectivity index (χ0n) is 57.4. The molecule has 90 heavy (non-hydrogen) atoms. The second-order valence-electron chi connectivity index (χ2n) is 24.6. The first-order valence-corrected chi connectivity index (χ1v) is 33.0. The highest BCUT2D eigenvalue weighted by molar-refractivity contribution is 5.82. The maximum atomic E-state index is 13.9. The van der Waals surface area contributed by atoms with Gasteiger partial charge in [-0.3, -0.25) is 33.6 Å². The van der Waals surface area contributed by atoms with Crippen LogP contribution in [0, 0.1) is 5.92 Å². The summed E-state index contributed by atoms with van der Waals surface area (Å²) < 4.78 is 50.2. The van der Waals surface area contributed by atoms with E-state index in [9.17, 15) is 79.5 Å². The summed E-state index contributed by atoms with van der Waals surface area (Å²) in [5.41, 5.74) is -1.08. The van der Waals surface area contributed by atoms with Crippen molar-refractivity contribution >= 4 is 41.0 Å². The molecule has 0 aliphatic carbocycles. The fourth-order valence-corrected chi connectivity index (χ4v) is 11.4. The van der Waals surface area contributed by atoms with Crippen LogP contribution in [0.4, 0.5) is 0 Å². The Morgan fingerprint density at radius 1 is 0.467 bits per heavy atom. The number of hydrogen-bond acceptors (Lipinski definition) is 22. The van der Waals surface area contributed by atoms with E-state index in [1.54, 1.807) is 6.92 Å². The molecule has 0 saturated carbocycles. The molecular weight excluding hydrogens is 1180 g/mol. The average molecular weight is 1300 g/mol. The average Bonchev–Trinajstić information content (AvgIpc) is 1.09. The minimum Gasteiger partial charge on any atom is -0.394 e. The number of rotatable bonds is 49. The van der Waals surface area contributed by atoms with Crippen molar-refractivity contribution in [1.82, 2.24) is 21.3 Å². The van der Waals surface area contributed by atoms with Crippen LogP contribution in [0.15, 0.2) is 0 Å². The first kappa shape index (κ1) is 78.7. The zero-order valence-corrected chi connectivity index (χ0v) is 54.4. The number of nitrogens with one attached hydrogen (secondary N) is 4. The lowest BCUT2D eigenvalue weighted by molar-refractivity contribution is -0.282. The Hall–Kier alpha value is -3.71. The summed E-state index contributed by atoms with van der Waals surface area (Å²) in [7, 11) is 1.25. The van der Waals surface area contributed by atoms with E-state index in [0.717, 1.165) is 70.6 Å². The first-order chi connectivity index (χ1) is 44.6. The Bertz CT molecular complexity index is 1980. The molecule has 26 nitrogen and oxygen atoms in total. The molecule has 0 spiro atoms. The van der Waals surface area contributed by atoms with Gasteiger partial charge in [0.25, 0.3) is 0 Å². The molecule has 0 aromatic carbocycles. The van der Waals surface area contributed by atoms with E-state index < -0.39 is 129 Å². The highest BCUT2D eigenvalue weighted by Crippen LogP contribution is 2.31. The number of carbonyl (C=O) groups is 7. The standard InChI is InChI=1S/C63H112N4O22.CH4.H2/c1-5-6-34-64-50(76)26-22-27-51(77)67-63(31-28-44(73)23-16-10-7-13-19-35-84-60-41(2)54(78)55(79)47(38-68)87-60,32-29-45(74)24-17-11-8-14-20-36-85-61-52(65-42(3)71)58(82)56(80)48(39-69)88-61)33-30-46(75)25-18-12-9-15-21-37-86-62-53(66-43(4)72)59(83)57(81)49(40-70)89-62;;/h41,47-49,52-62,68-70,78-83H,5-40H2,1-4H3,(H,64,76)(H,65,71)(H,66,72)(H,67,77);1H4;1H/i;1T;1+2T. The van der Waals surface area contributed by atoms with Crippen LogP contribution in [0.25, 0.3) is 0 Å². The van der Waals surface area contributed by atoms with Gasteiger partial charge < -0.3 is 95.6 Å². The van der Waals surface area contributed by atoms with Crippen LogP contribution in [0.5, 0.6) is 0 Å². The monoisotopic (exact) mass is 1300 g/mol. The van der Waals surface area contributed by atoms with Crippen molar-refractivity contribution in [3.8, 4) is 0 Å². The van der Waals surface area contributed by atoms with E-state index >= 15 is 0 Å². The Labute approximate surface area is 537 Å². The number of ether oxygens (including phenoxy) is 6. The van der Waals surface area contributed by atoms with Crippen molar-refractivity contribution < 1.29 is 112 Å². The molecule has 0 bridgehead atoms. The molecule has 0 radical (unpaired) electrons. The Morgan fingerprint density at radius 3 is 1.19 bits per heavy atom. The van der Waals surface area contributed by atoms with Crippen molar-refractivity contribution in [2.75, 3.05) is 46.2 Å². The van der Waals surface area contributed by atoms with Crippen molar-refractivity contribution in [1.29, 1.82) is 0 Å². The third-order valence-corrected chi connectivity index (χ3v) is 17.0. The lowest BCUT2D eigenvalue weighted by atomic mass is 9.80. The number of amides is 4. The minimum absolute atomic E-state index is 0.0131. The lowest BCUT2D eigenvalue weighted by Gasteiger charge is -2.42. The highest BCUT2D eigenvalue weighted by Gasteiger charge is 2.47. The summed E-state index contributed by atoms with van der Waals surface area (Å²) in [4.78, 5) is 91.1. The van der Waals surface area contributed by atoms with Gasteiger partial charge in [0.05, 0.1) is 25.9 Å². The fourth-order valence-electron chi connectivity index (χ4n) is 11.4. The molecule has 3 fully saturated rings. The summed E-state index contributed by atoms with van der Waals surface area (Å²) in [6, 6.07) is -2.08. The molecule has 13 N–H and O–H groups in total. The van der Waals surface area contributed by atoms with Crippen molar-refractivity contribution in [2.24, 2.45) is 5.92 Å². The van der Waals surface area contributed by atoms with Crippen LogP contribution in [0.3, 0.4) is 0 Å². The summed E-state index contributed by atoms with van der Waals surface area (Å²) in [6.45, 7) is 5.99. The third kappa shape index (κ3) is 31.0. The van der Waals surface area contributed by atoms with Crippen molar-refractivity contribution in [3.63, 3.8) is 0 Å². The molecule has 3 aliphatic rings. The number of carbonyl (C=O) groups excluding carboxylic acids is 7. The molecule has 15 unspecified atom stereocenters. The number of aliphatic hydroxyl groups excluding tert-OH is 9. The van der Waals surface area contributed by atoms with E-state index in [1.807, 2.05) is 6.92 Å². The molecule has 26 heteroatoms. The maximum Gasteiger partial charge on any atom is 0.220 e. The molecular formula is C64H118N4O22. The highest BCUT2D eigenvalue weighted by atomic mass is 16.7. The lowest BCUT2D eigenvalue weighted by Crippen LogP contribution is -2.64. The predicted octanol–water partition coefficient (Wildman–Crippen LogP) is 2.89. The van der Waals surface area contributed by atoms with E-state index in [1.165, 1.54) is 21.3 Å². The molecule has 15 atom stereocenters. The zero-order chi connectivity index (χ0) is 69.7. The van der Waals surface area contributed by atoms with Crippen LogP contribution in [-0.2, 0) is 62.0 Å². The molecule has 3 heterocycles. The predicted molar refractivity (Wildman–Crippen MR) is 333 cm³/mol. The molecule has 3 rings (SSSR count). The number of hydrogen-bond donors (Lipinski definition) is 13. The molecule has 0 aromatic rings. The van der Waals surface area contributed by atoms with Gasteiger partial charge in [-0.2, -0.15) is 0 Å². The van der Waals surface area contributed by atoms with Gasteiger partial charge in [-0.25, -0.2) is 0 Å². The second kappa shape index (κ2) is 46.4. The van der Waals surface area contributed by atoms with Crippen molar-refractivity contribution in [3.05, 3.63) is 0 Å². The van der Waals surface area contributed by atoms with Crippen LogP contribution < -0.4 is 21.3 Å². The molecule has 4 amide bonds. The quantitative estimate of drug-likeness (QED) is 0.0389. The van der Waals surface area contributed by atoms with Crippen LogP contribution in [-0.4, -0.2) is 225 Å². The Balaban J connectivity index is 0.0000106. The van der Waals surface area contributed by atoms with Gasteiger partial charge in [0.15, 0.2) is 18.9 Å². The molecule has 0 aromatic heterocycles.